The van der Waals surface area contributed by atoms with Gasteiger partial charge in [0.15, 0.2) is 0 Å². The fourth-order valence-corrected chi connectivity index (χ4v) is 4.99. The quantitative estimate of drug-likeness (QED) is 0.728. The third kappa shape index (κ3) is 3.79. The van der Waals surface area contributed by atoms with E-state index in [2.05, 4.69) is 5.32 Å². The first kappa shape index (κ1) is 21.3. The van der Waals surface area contributed by atoms with Crippen LogP contribution in [-0.2, 0) is 19.9 Å². The van der Waals surface area contributed by atoms with E-state index >= 15 is 0 Å². The number of imide groups is 1. The molecule has 0 spiro atoms. The number of carbonyl (C=O) groups excluding carboxylic acids is 4. The van der Waals surface area contributed by atoms with E-state index in [0.717, 1.165) is 43.7 Å². The van der Waals surface area contributed by atoms with Gasteiger partial charge >= 0.3 is 6.03 Å². The van der Waals surface area contributed by atoms with Crippen LogP contribution in [0.2, 0.25) is 0 Å². The van der Waals surface area contributed by atoms with Gasteiger partial charge in [-0.1, -0.05) is 37.3 Å². The van der Waals surface area contributed by atoms with Gasteiger partial charge in [0.05, 0.1) is 0 Å². The van der Waals surface area contributed by atoms with Crippen LogP contribution in [0.25, 0.3) is 0 Å². The first-order valence-electron chi connectivity index (χ1n) is 11.3. The molecule has 1 aromatic carbocycles. The zero-order chi connectivity index (χ0) is 22.0. The predicted molar refractivity (Wildman–Crippen MR) is 114 cm³/mol. The molecule has 0 aliphatic carbocycles. The fraction of sp³-hybridized carbons (Fsp3) is 0.565. The number of rotatable bonds is 5. The number of likely N-dealkylation sites (tertiary alicyclic amines) is 2. The maximum atomic E-state index is 13.3. The van der Waals surface area contributed by atoms with Crippen LogP contribution in [-0.4, -0.2) is 70.7 Å². The number of carbonyl (C=O) groups is 4. The summed E-state index contributed by atoms with van der Waals surface area (Å²) >= 11 is 0. The summed E-state index contributed by atoms with van der Waals surface area (Å²) in [6.07, 6.45) is 4.71. The first-order chi connectivity index (χ1) is 15.0. The number of hydrogen-bond acceptors (Lipinski definition) is 4. The molecular weight excluding hydrogens is 396 g/mol. The fourth-order valence-electron chi connectivity index (χ4n) is 4.99. The van der Waals surface area contributed by atoms with Crippen LogP contribution in [0.5, 0.6) is 0 Å². The van der Waals surface area contributed by atoms with E-state index in [4.69, 9.17) is 0 Å². The summed E-state index contributed by atoms with van der Waals surface area (Å²) in [4.78, 5) is 56.6. The van der Waals surface area contributed by atoms with Crippen molar-refractivity contribution in [3.8, 4) is 0 Å². The summed E-state index contributed by atoms with van der Waals surface area (Å²) in [5, 5.41) is 2.81. The Morgan fingerprint density at radius 2 is 1.71 bits per heavy atom. The largest absolute Gasteiger partial charge is 0.341 e. The molecule has 3 aliphatic heterocycles. The molecule has 3 aliphatic rings. The topological polar surface area (TPSA) is 90.0 Å². The minimum atomic E-state index is -1.16. The Morgan fingerprint density at radius 3 is 2.39 bits per heavy atom. The van der Waals surface area contributed by atoms with Crippen molar-refractivity contribution in [2.45, 2.75) is 57.0 Å². The van der Waals surface area contributed by atoms with E-state index in [1.54, 1.807) is 4.90 Å². The van der Waals surface area contributed by atoms with Gasteiger partial charge in [-0.3, -0.25) is 19.3 Å². The highest BCUT2D eigenvalue weighted by molar-refractivity contribution is 6.09. The van der Waals surface area contributed by atoms with Crippen molar-refractivity contribution in [1.82, 2.24) is 20.0 Å². The van der Waals surface area contributed by atoms with Crippen LogP contribution in [0.1, 0.15) is 51.0 Å². The van der Waals surface area contributed by atoms with E-state index in [9.17, 15) is 19.2 Å². The second-order valence-corrected chi connectivity index (χ2v) is 8.58. The van der Waals surface area contributed by atoms with Gasteiger partial charge < -0.3 is 15.1 Å². The molecular formula is C23H30N4O4. The van der Waals surface area contributed by atoms with Crippen LogP contribution in [0, 0.1) is 0 Å². The van der Waals surface area contributed by atoms with E-state index in [0.29, 0.717) is 24.9 Å². The lowest BCUT2D eigenvalue weighted by Gasteiger charge is -2.37. The first-order valence-corrected chi connectivity index (χ1v) is 11.3. The SMILES string of the molecule is CC[C@]1(c2ccccc2)NC(=O)N(CC(=O)N2CCCC[C@@H]2C(=O)N2CCCC2)C1=O. The summed E-state index contributed by atoms with van der Waals surface area (Å²) in [6, 6.07) is 8.05. The normalized spacial score (nSPS) is 26.4. The summed E-state index contributed by atoms with van der Waals surface area (Å²) in [6.45, 7) is 3.44. The molecule has 3 heterocycles. The highest BCUT2D eigenvalue weighted by Gasteiger charge is 2.52. The number of nitrogens with one attached hydrogen (secondary N) is 1. The minimum Gasteiger partial charge on any atom is -0.341 e. The molecule has 2 atom stereocenters. The van der Waals surface area contributed by atoms with Gasteiger partial charge in [0.1, 0.15) is 18.1 Å². The number of piperidine rings is 1. The molecule has 3 fully saturated rings. The zero-order valence-corrected chi connectivity index (χ0v) is 18.0. The van der Waals surface area contributed by atoms with E-state index in [1.807, 2.05) is 42.2 Å². The maximum Gasteiger partial charge on any atom is 0.325 e. The van der Waals surface area contributed by atoms with Crippen molar-refractivity contribution in [1.29, 1.82) is 0 Å². The van der Waals surface area contributed by atoms with Gasteiger partial charge in [0, 0.05) is 19.6 Å². The smallest absolute Gasteiger partial charge is 0.325 e. The lowest BCUT2D eigenvalue weighted by atomic mass is 9.87. The molecule has 8 heteroatoms. The van der Waals surface area contributed by atoms with Crippen LogP contribution >= 0.6 is 0 Å². The van der Waals surface area contributed by atoms with Gasteiger partial charge in [-0.2, -0.15) is 0 Å². The summed E-state index contributed by atoms with van der Waals surface area (Å²) in [5.74, 6) is -0.769. The van der Waals surface area contributed by atoms with Gasteiger partial charge in [-0.15, -0.1) is 0 Å². The third-order valence-corrected chi connectivity index (χ3v) is 6.79. The lowest BCUT2D eigenvalue weighted by molar-refractivity contribution is -0.148. The van der Waals surface area contributed by atoms with Crippen molar-refractivity contribution in [2.24, 2.45) is 0 Å². The van der Waals surface area contributed by atoms with Crippen molar-refractivity contribution in [3.05, 3.63) is 35.9 Å². The highest BCUT2D eigenvalue weighted by atomic mass is 16.2. The molecule has 5 amide bonds. The molecule has 0 unspecified atom stereocenters. The minimum absolute atomic E-state index is 0.00468. The number of benzene rings is 1. The molecule has 1 aromatic rings. The Kier molecular flexibility index (Phi) is 5.98. The van der Waals surface area contributed by atoms with Gasteiger partial charge in [0.2, 0.25) is 11.8 Å². The molecule has 8 nitrogen and oxygen atoms in total. The zero-order valence-electron chi connectivity index (χ0n) is 18.0. The Bertz CT molecular complexity index is 868. The Morgan fingerprint density at radius 1 is 1.03 bits per heavy atom. The molecule has 0 aromatic heterocycles. The van der Waals surface area contributed by atoms with Crippen LogP contribution in [0.15, 0.2) is 30.3 Å². The van der Waals surface area contributed by atoms with Crippen molar-refractivity contribution in [3.63, 3.8) is 0 Å². The Labute approximate surface area is 182 Å². The molecule has 31 heavy (non-hydrogen) atoms. The average molecular weight is 427 g/mol. The summed E-state index contributed by atoms with van der Waals surface area (Å²) < 4.78 is 0. The maximum absolute atomic E-state index is 13.3. The average Bonchev–Trinajstić information content (AvgIpc) is 3.42. The molecule has 0 radical (unpaired) electrons. The van der Waals surface area contributed by atoms with Crippen molar-refractivity contribution < 1.29 is 19.2 Å². The number of urea groups is 1. The Balaban J connectivity index is 1.51. The van der Waals surface area contributed by atoms with Gasteiger partial charge in [-0.05, 0) is 44.1 Å². The standard InChI is InChI=1S/C23H30N4O4/c1-2-23(17-10-4-3-5-11-17)21(30)27(22(31)24-23)16-19(28)26-15-7-6-12-18(26)20(29)25-13-8-9-14-25/h3-5,10-11,18H,2,6-9,12-16H2,1H3,(H,24,31)/t18-,23-/m1/s1. The number of nitrogens with zero attached hydrogens (tertiary/aromatic N) is 3. The van der Waals surface area contributed by atoms with Gasteiger partial charge in [0.25, 0.3) is 5.91 Å². The predicted octanol–water partition coefficient (Wildman–Crippen LogP) is 1.85. The monoisotopic (exact) mass is 426 g/mol. The number of amides is 5. The van der Waals surface area contributed by atoms with E-state index in [-0.39, 0.29) is 18.4 Å². The number of hydrogen-bond donors (Lipinski definition) is 1. The molecule has 4 rings (SSSR count). The van der Waals surface area contributed by atoms with Crippen molar-refractivity contribution in [2.75, 3.05) is 26.2 Å². The van der Waals surface area contributed by atoms with Crippen LogP contribution < -0.4 is 5.32 Å². The molecule has 0 bridgehead atoms. The Hall–Kier alpha value is -2.90. The highest BCUT2D eigenvalue weighted by Crippen LogP contribution is 2.32. The third-order valence-electron chi connectivity index (χ3n) is 6.79. The summed E-state index contributed by atoms with van der Waals surface area (Å²) in [5.41, 5.74) is -0.462. The van der Waals surface area contributed by atoms with Gasteiger partial charge in [-0.25, -0.2) is 4.79 Å². The van der Waals surface area contributed by atoms with Crippen LogP contribution in [0.3, 0.4) is 0 Å². The molecule has 3 saturated heterocycles. The van der Waals surface area contributed by atoms with E-state index in [1.165, 1.54) is 0 Å². The second-order valence-electron chi connectivity index (χ2n) is 8.58. The molecule has 166 valence electrons. The lowest BCUT2D eigenvalue weighted by Crippen LogP contribution is -2.55. The van der Waals surface area contributed by atoms with E-state index < -0.39 is 23.5 Å². The second kappa shape index (κ2) is 8.69. The molecule has 0 saturated carbocycles. The molecule has 1 N–H and O–H groups in total. The summed E-state index contributed by atoms with van der Waals surface area (Å²) in [7, 11) is 0. The van der Waals surface area contributed by atoms with Crippen molar-refractivity contribution >= 4 is 23.8 Å². The van der Waals surface area contributed by atoms with Crippen LogP contribution in [0.4, 0.5) is 4.79 Å².